The molecule has 1 aromatic heterocycles. The summed E-state index contributed by atoms with van der Waals surface area (Å²) in [6.45, 7) is 4.38. The monoisotopic (exact) mass is 354 g/mol. The Morgan fingerprint density at radius 2 is 1.83 bits per heavy atom. The Morgan fingerprint density at radius 3 is 2.42 bits per heavy atom. The van der Waals surface area contributed by atoms with Gasteiger partial charge in [-0.1, -0.05) is 12.1 Å². The molecule has 130 valence electrons. The van der Waals surface area contributed by atoms with E-state index in [4.69, 9.17) is 4.52 Å². The summed E-state index contributed by atoms with van der Waals surface area (Å²) in [7, 11) is -3.58. The van der Waals surface area contributed by atoms with Crippen molar-refractivity contribution < 1.29 is 17.3 Å². The van der Waals surface area contributed by atoms with Gasteiger partial charge >= 0.3 is 0 Å². The summed E-state index contributed by atoms with van der Waals surface area (Å²) in [6.07, 6.45) is 0.691. The first-order valence-corrected chi connectivity index (χ1v) is 9.22. The second-order valence-electron chi connectivity index (χ2n) is 5.59. The average Bonchev–Trinajstić information content (AvgIpc) is 3.03. The zero-order valence-electron chi connectivity index (χ0n) is 13.4. The molecule has 0 aliphatic carbocycles. The molecule has 0 N–H and O–H groups in total. The smallest absolute Gasteiger partial charge is 0.243 e. The third kappa shape index (κ3) is 3.63. The lowest BCUT2D eigenvalue weighted by atomic mass is 10.3. The standard InChI is InChI=1S/C15H19FN4O3S/c1-2-15-17-14(18-23-15)11-19-7-9-20(10-8-19)24(21,22)13-5-3-12(16)4-6-13/h3-6H,2,7-11H2,1H3. The SMILES string of the molecule is CCc1nc(CN2CCN(S(=O)(=O)c3ccc(F)cc3)CC2)no1. The van der Waals surface area contributed by atoms with Crippen molar-refractivity contribution in [3.63, 3.8) is 0 Å². The lowest BCUT2D eigenvalue weighted by Crippen LogP contribution is -2.48. The van der Waals surface area contributed by atoms with Gasteiger partial charge in [0.05, 0.1) is 11.4 Å². The molecule has 0 spiro atoms. The minimum absolute atomic E-state index is 0.114. The molecule has 9 heteroatoms. The van der Waals surface area contributed by atoms with Crippen LogP contribution in [0, 0.1) is 5.82 Å². The Hall–Kier alpha value is -1.84. The van der Waals surface area contributed by atoms with Crippen molar-refractivity contribution >= 4 is 10.0 Å². The van der Waals surface area contributed by atoms with Gasteiger partial charge in [-0.3, -0.25) is 4.90 Å². The normalized spacial score (nSPS) is 17.2. The van der Waals surface area contributed by atoms with E-state index in [1.165, 1.54) is 16.4 Å². The number of aromatic nitrogens is 2. The van der Waals surface area contributed by atoms with Crippen molar-refractivity contribution in [2.45, 2.75) is 24.8 Å². The van der Waals surface area contributed by atoms with Crippen molar-refractivity contribution in [1.82, 2.24) is 19.3 Å². The molecule has 0 saturated carbocycles. The Morgan fingerprint density at radius 1 is 1.17 bits per heavy atom. The fraction of sp³-hybridized carbons (Fsp3) is 0.467. The summed E-state index contributed by atoms with van der Waals surface area (Å²) >= 11 is 0. The van der Waals surface area contributed by atoms with Crippen molar-refractivity contribution in [3.8, 4) is 0 Å². The van der Waals surface area contributed by atoms with Crippen LogP contribution in [0.5, 0.6) is 0 Å². The highest BCUT2D eigenvalue weighted by Crippen LogP contribution is 2.18. The fourth-order valence-corrected chi connectivity index (χ4v) is 4.00. The molecule has 0 bridgehead atoms. The molecule has 1 fully saturated rings. The molecule has 3 rings (SSSR count). The van der Waals surface area contributed by atoms with Gasteiger partial charge in [0.1, 0.15) is 5.82 Å². The number of hydrogen-bond donors (Lipinski definition) is 0. The van der Waals surface area contributed by atoms with E-state index < -0.39 is 15.8 Å². The van der Waals surface area contributed by atoms with Gasteiger partial charge in [0, 0.05) is 32.6 Å². The predicted molar refractivity (Wildman–Crippen MR) is 84.1 cm³/mol. The van der Waals surface area contributed by atoms with Crippen molar-refractivity contribution in [3.05, 3.63) is 41.8 Å². The Labute approximate surface area is 140 Å². The van der Waals surface area contributed by atoms with Crippen molar-refractivity contribution in [2.24, 2.45) is 0 Å². The molecule has 0 radical (unpaired) electrons. The lowest BCUT2D eigenvalue weighted by molar-refractivity contribution is 0.176. The minimum Gasteiger partial charge on any atom is -0.339 e. The molecular formula is C15H19FN4O3S. The molecule has 0 amide bonds. The number of halogens is 1. The van der Waals surface area contributed by atoms with Crippen LogP contribution in [-0.4, -0.2) is 53.9 Å². The first-order chi connectivity index (χ1) is 11.5. The lowest BCUT2D eigenvalue weighted by Gasteiger charge is -2.33. The van der Waals surface area contributed by atoms with E-state index in [2.05, 4.69) is 15.0 Å². The van der Waals surface area contributed by atoms with Gasteiger partial charge in [-0.05, 0) is 24.3 Å². The van der Waals surface area contributed by atoms with E-state index >= 15 is 0 Å². The summed E-state index contributed by atoms with van der Waals surface area (Å²) in [5.74, 6) is 0.759. The number of piperazine rings is 1. The van der Waals surface area contributed by atoms with E-state index in [9.17, 15) is 12.8 Å². The third-order valence-electron chi connectivity index (χ3n) is 3.96. The van der Waals surface area contributed by atoms with Crippen molar-refractivity contribution in [2.75, 3.05) is 26.2 Å². The maximum absolute atomic E-state index is 13.0. The van der Waals surface area contributed by atoms with Crippen LogP contribution in [0.15, 0.2) is 33.7 Å². The van der Waals surface area contributed by atoms with Gasteiger partial charge < -0.3 is 4.52 Å². The fourth-order valence-electron chi connectivity index (χ4n) is 2.58. The summed E-state index contributed by atoms with van der Waals surface area (Å²) in [4.78, 5) is 6.46. The predicted octanol–water partition coefficient (Wildman–Crippen LogP) is 1.28. The highest BCUT2D eigenvalue weighted by Gasteiger charge is 2.28. The highest BCUT2D eigenvalue weighted by molar-refractivity contribution is 7.89. The van der Waals surface area contributed by atoms with E-state index in [1.54, 1.807) is 0 Å². The molecule has 1 aliphatic heterocycles. The summed E-state index contributed by atoms with van der Waals surface area (Å²) in [5.41, 5.74) is 0. The minimum atomic E-state index is -3.58. The van der Waals surface area contributed by atoms with Crippen LogP contribution in [0.25, 0.3) is 0 Å². The first kappa shape index (κ1) is 17.0. The average molecular weight is 354 g/mol. The van der Waals surface area contributed by atoms with Crippen LogP contribution < -0.4 is 0 Å². The molecule has 2 heterocycles. The van der Waals surface area contributed by atoms with Crippen LogP contribution >= 0.6 is 0 Å². The van der Waals surface area contributed by atoms with Crippen LogP contribution in [0.3, 0.4) is 0 Å². The second kappa shape index (κ2) is 6.96. The van der Waals surface area contributed by atoms with Crippen LogP contribution in [0.4, 0.5) is 4.39 Å². The largest absolute Gasteiger partial charge is 0.339 e. The molecule has 0 atom stereocenters. The highest BCUT2D eigenvalue weighted by atomic mass is 32.2. The molecule has 1 aliphatic rings. The van der Waals surface area contributed by atoms with Gasteiger partial charge in [0.2, 0.25) is 15.9 Å². The Kier molecular flexibility index (Phi) is 4.93. The zero-order chi connectivity index (χ0) is 17.2. The maximum atomic E-state index is 13.0. The van der Waals surface area contributed by atoms with Gasteiger partial charge in [-0.25, -0.2) is 12.8 Å². The summed E-state index contributed by atoms with van der Waals surface area (Å²) < 4.78 is 44.6. The molecule has 1 aromatic carbocycles. The summed E-state index contributed by atoms with van der Waals surface area (Å²) in [5, 5.41) is 3.91. The molecule has 24 heavy (non-hydrogen) atoms. The van der Waals surface area contributed by atoms with Crippen LogP contribution in [0.1, 0.15) is 18.6 Å². The molecule has 2 aromatic rings. The number of rotatable bonds is 5. The Bertz CT molecular complexity index is 783. The number of nitrogens with zero attached hydrogens (tertiary/aromatic N) is 4. The first-order valence-electron chi connectivity index (χ1n) is 7.78. The third-order valence-corrected chi connectivity index (χ3v) is 5.87. The van der Waals surface area contributed by atoms with E-state index in [0.717, 1.165) is 12.1 Å². The van der Waals surface area contributed by atoms with Gasteiger partial charge in [0.15, 0.2) is 5.82 Å². The van der Waals surface area contributed by atoms with E-state index in [-0.39, 0.29) is 4.90 Å². The van der Waals surface area contributed by atoms with E-state index in [0.29, 0.717) is 50.9 Å². The Balaban J connectivity index is 1.60. The number of sulfonamides is 1. The number of aryl methyl sites for hydroxylation is 1. The van der Waals surface area contributed by atoms with Crippen molar-refractivity contribution in [1.29, 1.82) is 0 Å². The zero-order valence-corrected chi connectivity index (χ0v) is 14.2. The summed E-state index contributed by atoms with van der Waals surface area (Å²) in [6, 6.07) is 4.90. The van der Waals surface area contributed by atoms with E-state index in [1.807, 2.05) is 6.92 Å². The molecule has 0 unspecified atom stereocenters. The maximum Gasteiger partial charge on any atom is 0.243 e. The van der Waals surface area contributed by atoms with Gasteiger partial charge in [-0.2, -0.15) is 9.29 Å². The molecule has 7 nitrogen and oxygen atoms in total. The number of benzene rings is 1. The number of hydrogen-bond acceptors (Lipinski definition) is 6. The quantitative estimate of drug-likeness (QED) is 0.805. The second-order valence-corrected chi connectivity index (χ2v) is 7.53. The molecule has 1 saturated heterocycles. The van der Waals surface area contributed by atoms with Gasteiger partial charge in [-0.15, -0.1) is 0 Å². The van der Waals surface area contributed by atoms with Crippen LogP contribution in [-0.2, 0) is 23.0 Å². The van der Waals surface area contributed by atoms with Crippen LogP contribution in [0.2, 0.25) is 0 Å². The van der Waals surface area contributed by atoms with Gasteiger partial charge in [0.25, 0.3) is 0 Å². The molecular weight excluding hydrogens is 335 g/mol. The topological polar surface area (TPSA) is 79.5 Å².